The number of nitrogens with two attached hydrogens (primary N) is 1. The Bertz CT molecular complexity index is 341. The van der Waals surface area contributed by atoms with Crippen molar-refractivity contribution in [2.24, 2.45) is 0 Å². The average Bonchev–Trinajstić information content (AvgIpc) is 2.98. The summed E-state index contributed by atoms with van der Waals surface area (Å²) in [5.74, 6) is 0.708. The fourth-order valence-corrected chi connectivity index (χ4v) is 2.48. The van der Waals surface area contributed by atoms with Crippen molar-refractivity contribution in [3.8, 4) is 0 Å². The van der Waals surface area contributed by atoms with Crippen LogP contribution in [0.4, 0.5) is 10.1 Å². The Morgan fingerprint density at radius 3 is 2.93 bits per heavy atom. The van der Waals surface area contributed by atoms with E-state index in [0.29, 0.717) is 0 Å². The number of thioether (sulfide) groups is 1. The first-order valence-corrected chi connectivity index (χ1v) is 6.10. The molecule has 1 saturated carbocycles. The zero-order valence-corrected chi connectivity index (χ0v) is 9.52. The molecular formula is C11H15FNOS+. The van der Waals surface area contributed by atoms with E-state index in [9.17, 15) is 4.39 Å². The van der Waals surface area contributed by atoms with Crippen LogP contribution in [0.15, 0.2) is 18.2 Å². The standard InChI is InChI=1S/C11H14FNOS/c1-14-13-10-5-8(4-9(12)6-10)7-15-11-2-3-11/h4-6,11,13H,2-3,7H2,1H3/p+1. The quantitative estimate of drug-likeness (QED) is 0.616. The summed E-state index contributed by atoms with van der Waals surface area (Å²) in [6.07, 6.45) is 2.63. The van der Waals surface area contributed by atoms with Crippen LogP contribution in [0.3, 0.4) is 0 Å². The Hall–Kier alpha value is -0.580. The van der Waals surface area contributed by atoms with Crippen molar-refractivity contribution in [2.45, 2.75) is 23.8 Å². The van der Waals surface area contributed by atoms with E-state index in [1.165, 1.54) is 18.9 Å². The molecule has 82 valence electrons. The van der Waals surface area contributed by atoms with E-state index in [-0.39, 0.29) is 5.82 Å². The van der Waals surface area contributed by atoms with Gasteiger partial charge in [-0.15, -0.1) is 0 Å². The van der Waals surface area contributed by atoms with E-state index in [1.807, 2.05) is 17.8 Å². The molecule has 0 amide bonds. The maximum atomic E-state index is 13.2. The molecule has 1 aliphatic carbocycles. The molecular weight excluding hydrogens is 213 g/mol. The lowest BCUT2D eigenvalue weighted by Gasteiger charge is -2.03. The lowest BCUT2D eigenvalue weighted by atomic mass is 10.2. The third-order valence-electron chi connectivity index (χ3n) is 2.24. The second-order valence-electron chi connectivity index (χ2n) is 3.76. The number of hydrogen-bond acceptors (Lipinski definition) is 2. The SMILES string of the molecule is CO[NH2+]c1cc(F)cc(CSC2CC2)c1. The van der Waals surface area contributed by atoms with Gasteiger partial charge in [0.05, 0.1) is 7.11 Å². The fourth-order valence-electron chi connectivity index (χ4n) is 1.41. The molecule has 0 saturated heterocycles. The zero-order valence-electron chi connectivity index (χ0n) is 8.70. The first-order valence-electron chi connectivity index (χ1n) is 5.05. The van der Waals surface area contributed by atoms with Crippen LogP contribution in [0, 0.1) is 5.82 Å². The van der Waals surface area contributed by atoms with E-state index < -0.39 is 0 Å². The molecule has 2 N–H and O–H groups in total. The summed E-state index contributed by atoms with van der Waals surface area (Å²) in [6, 6.07) is 5.05. The minimum atomic E-state index is -0.188. The largest absolute Gasteiger partial charge is 0.207 e. The minimum Gasteiger partial charge on any atom is -0.207 e. The predicted molar refractivity (Wildman–Crippen MR) is 59.3 cm³/mol. The predicted octanol–water partition coefficient (Wildman–Crippen LogP) is 1.98. The van der Waals surface area contributed by atoms with Gasteiger partial charge in [-0.3, -0.25) is 0 Å². The minimum absolute atomic E-state index is 0.188. The van der Waals surface area contributed by atoms with Crippen LogP contribution in [-0.2, 0) is 10.6 Å². The fraction of sp³-hybridized carbons (Fsp3) is 0.455. The van der Waals surface area contributed by atoms with Crippen LogP contribution in [0.25, 0.3) is 0 Å². The summed E-state index contributed by atoms with van der Waals surface area (Å²) in [5, 5.41) is 0.808. The van der Waals surface area contributed by atoms with Gasteiger partial charge in [0, 0.05) is 23.1 Å². The lowest BCUT2D eigenvalue weighted by molar-refractivity contribution is -0.830. The Kier molecular flexibility index (Phi) is 3.61. The van der Waals surface area contributed by atoms with Gasteiger partial charge >= 0.3 is 0 Å². The summed E-state index contributed by atoms with van der Waals surface area (Å²) in [5.41, 5.74) is 3.40. The normalized spacial score (nSPS) is 15.6. The summed E-state index contributed by atoms with van der Waals surface area (Å²) in [7, 11) is 1.57. The molecule has 1 aromatic carbocycles. The number of halogens is 1. The molecule has 1 fully saturated rings. The van der Waals surface area contributed by atoms with Crippen LogP contribution in [0.1, 0.15) is 18.4 Å². The Morgan fingerprint density at radius 1 is 1.47 bits per heavy atom. The molecule has 0 unspecified atom stereocenters. The highest BCUT2D eigenvalue weighted by Gasteiger charge is 2.21. The Morgan fingerprint density at radius 2 is 2.27 bits per heavy atom. The van der Waals surface area contributed by atoms with Crippen molar-refractivity contribution in [2.75, 3.05) is 7.11 Å². The third-order valence-corrected chi connectivity index (χ3v) is 3.69. The monoisotopic (exact) mass is 228 g/mol. The molecule has 0 radical (unpaired) electrons. The number of hydrogen-bond donors (Lipinski definition) is 1. The average molecular weight is 228 g/mol. The molecule has 4 heteroatoms. The highest BCUT2D eigenvalue weighted by molar-refractivity contribution is 7.99. The second-order valence-corrected chi connectivity index (χ2v) is 5.05. The van der Waals surface area contributed by atoms with E-state index in [1.54, 1.807) is 18.7 Å². The summed E-state index contributed by atoms with van der Waals surface area (Å²) in [4.78, 5) is 4.88. The molecule has 15 heavy (non-hydrogen) atoms. The lowest BCUT2D eigenvalue weighted by Crippen LogP contribution is -2.76. The Balaban J connectivity index is 2.00. The van der Waals surface area contributed by atoms with Gasteiger partial charge in [0.15, 0.2) is 5.69 Å². The molecule has 0 aromatic heterocycles. The molecule has 0 heterocycles. The van der Waals surface area contributed by atoms with Crippen LogP contribution in [0.5, 0.6) is 0 Å². The van der Waals surface area contributed by atoms with Crippen molar-refractivity contribution in [3.05, 3.63) is 29.6 Å². The summed E-state index contributed by atoms with van der Waals surface area (Å²) in [6.45, 7) is 0. The number of benzene rings is 1. The van der Waals surface area contributed by atoms with Gasteiger partial charge in [0.1, 0.15) is 5.82 Å². The first kappa shape index (κ1) is 10.9. The summed E-state index contributed by atoms with van der Waals surface area (Å²) >= 11 is 1.91. The van der Waals surface area contributed by atoms with Gasteiger partial charge in [-0.2, -0.15) is 17.2 Å². The van der Waals surface area contributed by atoms with E-state index >= 15 is 0 Å². The molecule has 0 spiro atoms. The molecule has 2 rings (SSSR count). The van der Waals surface area contributed by atoms with Crippen molar-refractivity contribution in [1.29, 1.82) is 0 Å². The second kappa shape index (κ2) is 4.96. The Labute approximate surface area is 93.2 Å². The molecule has 0 aliphatic heterocycles. The van der Waals surface area contributed by atoms with Crippen molar-refractivity contribution in [3.63, 3.8) is 0 Å². The number of quaternary nitrogens is 1. The van der Waals surface area contributed by atoms with Gasteiger partial charge < -0.3 is 0 Å². The molecule has 2 nitrogen and oxygen atoms in total. The molecule has 1 aliphatic rings. The zero-order chi connectivity index (χ0) is 10.7. The maximum absolute atomic E-state index is 13.2. The van der Waals surface area contributed by atoms with Gasteiger partial charge in [0.25, 0.3) is 0 Å². The highest BCUT2D eigenvalue weighted by atomic mass is 32.2. The molecule has 1 aromatic rings. The molecule has 0 bridgehead atoms. The van der Waals surface area contributed by atoms with E-state index in [0.717, 1.165) is 22.3 Å². The topological polar surface area (TPSA) is 25.8 Å². The van der Waals surface area contributed by atoms with Crippen LogP contribution in [0.2, 0.25) is 0 Å². The molecule has 0 atom stereocenters. The number of rotatable bonds is 5. The smallest absolute Gasteiger partial charge is 0.165 e. The van der Waals surface area contributed by atoms with Gasteiger partial charge in [-0.1, -0.05) is 0 Å². The van der Waals surface area contributed by atoms with Gasteiger partial charge in [-0.05, 0) is 24.5 Å². The van der Waals surface area contributed by atoms with Crippen molar-refractivity contribution < 1.29 is 14.7 Å². The van der Waals surface area contributed by atoms with Crippen molar-refractivity contribution >= 4 is 17.4 Å². The highest BCUT2D eigenvalue weighted by Crippen LogP contribution is 2.36. The van der Waals surface area contributed by atoms with E-state index in [4.69, 9.17) is 4.84 Å². The van der Waals surface area contributed by atoms with Crippen molar-refractivity contribution in [1.82, 2.24) is 0 Å². The first-order chi connectivity index (χ1) is 7.28. The summed E-state index contributed by atoms with van der Waals surface area (Å²) < 4.78 is 13.2. The maximum Gasteiger partial charge on any atom is 0.165 e. The third kappa shape index (κ3) is 3.48. The van der Waals surface area contributed by atoms with E-state index in [2.05, 4.69) is 0 Å². The van der Waals surface area contributed by atoms with Crippen LogP contribution in [-0.4, -0.2) is 12.4 Å². The van der Waals surface area contributed by atoms with Gasteiger partial charge in [-0.25, -0.2) is 9.23 Å². The van der Waals surface area contributed by atoms with Crippen LogP contribution >= 0.6 is 11.8 Å². The van der Waals surface area contributed by atoms with Gasteiger partial charge in [0.2, 0.25) is 0 Å². The van der Waals surface area contributed by atoms with Crippen LogP contribution < -0.4 is 5.48 Å².